The summed E-state index contributed by atoms with van der Waals surface area (Å²) in [6.07, 6.45) is -2.71. The Morgan fingerprint density at radius 2 is 1.21 bits per heavy atom. The zero-order valence-electron chi connectivity index (χ0n) is 11.9. The van der Waals surface area contributed by atoms with Crippen LogP contribution in [0.5, 0.6) is 0 Å². The lowest BCUT2D eigenvalue weighted by atomic mass is 10.4. The predicted octanol–water partition coefficient (Wildman–Crippen LogP) is 3.29. The molecule has 0 aliphatic carbocycles. The molecule has 0 unspecified atom stereocenters. The molecule has 0 aromatic carbocycles. The second-order valence-electron chi connectivity index (χ2n) is 2.16. The molecule has 0 atom stereocenters. The summed E-state index contributed by atoms with van der Waals surface area (Å²) < 4.78 is 0. The van der Waals surface area contributed by atoms with Gasteiger partial charge in [-0.15, -0.1) is 39.5 Å². The molecule has 8 heteroatoms. The number of carbonyl (C=O) groups is 2. The maximum Gasteiger partial charge on any atom is 0.426 e. The smallest absolute Gasteiger partial charge is 0.426 e. The van der Waals surface area contributed by atoms with Gasteiger partial charge in [-0.2, -0.15) is 0 Å². The first-order chi connectivity index (χ1) is 7.95. The first kappa shape index (κ1) is 36.0. The highest BCUT2D eigenvalue weighted by Crippen LogP contribution is 1.93. The number of amides is 2. The summed E-state index contributed by atoms with van der Waals surface area (Å²) in [6, 6.07) is -0.413. The molecule has 0 heterocycles. The van der Waals surface area contributed by atoms with Crippen molar-refractivity contribution in [2.24, 2.45) is 0 Å². The minimum Gasteiger partial charge on any atom is -0.464 e. The predicted molar refractivity (Wildman–Crippen MR) is 80.0 cm³/mol. The van der Waals surface area contributed by atoms with Gasteiger partial charge in [0, 0.05) is 0 Å². The van der Waals surface area contributed by atoms with Crippen molar-refractivity contribution in [1.29, 1.82) is 0 Å². The molecule has 0 radical (unpaired) electrons. The number of carboxylic acid groups (broad SMARTS) is 2. The normalized spacial score (nSPS) is 6.05. The van der Waals surface area contributed by atoms with Crippen molar-refractivity contribution in [3.8, 4) is 0 Å². The zero-order chi connectivity index (χ0) is 15.0. The third-order valence-corrected chi connectivity index (χ3v) is 0.939. The largest absolute Gasteiger partial charge is 0.464 e. The van der Waals surface area contributed by atoms with Crippen LogP contribution in [0.4, 0.5) is 9.59 Å². The van der Waals surface area contributed by atoms with Crippen LogP contribution in [0.1, 0.15) is 13.8 Å². The molecule has 9 N–H and O–H groups in total. The van der Waals surface area contributed by atoms with Crippen molar-refractivity contribution in [2.75, 3.05) is 0 Å². The second kappa shape index (κ2) is 29.6. The van der Waals surface area contributed by atoms with Gasteiger partial charge >= 0.3 is 12.2 Å². The Hall–Kier alpha value is -2.32. The van der Waals surface area contributed by atoms with E-state index in [0.717, 1.165) is 0 Å². The highest BCUT2D eigenvalue weighted by atomic mass is 16.4. The molecule has 0 saturated heterocycles. The lowest BCUT2D eigenvalue weighted by Crippen LogP contribution is -2.48. The second-order valence-corrected chi connectivity index (χ2v) is 2.16. The van der Waals surface area contributed by atoms with E-state index in [1.165, 1.54) is 0 Å². The molecule has 19 heavy (non-hydrogen) atoms. The molecule has 0 aliphatic heterocycles. The van der Waals surface area contributed by atoms with Crippen LogP contribution in [0.25, 0.3) is 0 Å². The third-order valence-electron chi connectivity index (χ3n) is 0.939. The van der Waals surface area contributed by atoms with E-state index in [9.17, 15) is 9.59 Å². The van der Waals surface area contributed by atoms with E-state index in [0.29, 0.717) is 5.01 Å². The maximum absolute atomic E-state index is 10.3. The van der Waals surface area contributed by atoms with E-state index in [2.05, 4.69) is 39.5 Å². The number of nitrogens with zero attached hydrogens (tertiary/aromatic N) is 1. The van der Waals surface area contributed by atoms with E-state index < -0.39 is 18.2 Å². The van der Waals surface area contributed by atoms with Crippen molar-refractivity contribution in [3.63, 3.8) is 0 Å². The zero-order valence-corrected chi connectivity index (χ0v) is 11.9. The lowest BCUT2D eigenvalue weighted by molar-refractivity contribution is 0.0945. The van der Waals surface area contributed by atoms with Crippen LogP contribution in [0.15, 0.2) is 39.5 Å². The highest BCUT2D eigenvalue weighted by Gasteiger charge is 2.16. The Morgan fingerprint density at radius 1 is 0.947 bits per heavy atom. The molecule has 8 nitrogen and oxygen atoms in total. The summed E-state index contributed by atoms with van der Waals surface area (Å²) in [5.74, 6) is 0. The van der Waals surface area contributed by atoms with Crippen LogP contribution in [0, 0.1) is 0 Å². The van der Waals surface area contributed by atoms with Crippen LogP contribution in [0.2, 0.25) is 0 Å². The summed E-state index contributed by atoms with van der Waals surface area (Å²) in [5.41, 5.74) is 1.73. The molecule has 0 spiro atoms. The first-order valence-electron chi connectivity index (χ1n) is 4.47. The Labute approximate surface area is 115 Å². The fourth-order valence-electron chi connectivity index (χ4n) is 0.501. The van der Waals surface area contributed by atoms with Crippen LogP contribution < -0.4 is 17.7 Å². The van der Waals surface area contributed by atoms with Crippen LogP contribution in [0.3, 0.4) is 0 Å². The third kappa shape index (κ3) is 31.3. The van der Waals surface area contributed by atoms with Gasteiger partial charge in [0.2, 0.25) is 0 Å². The molecule has 2 amide bonds. The van der Waals surface area contributed by atoms with E-state index >= 15 is 0 Å². The van der Waals surface area contributed by atoms with Gasteiger partial charge in [-0.25, -0.2) is 20.0 Å². The van der Waals surface area contributed by atoms with Gasteiger partial charge < -0.3 is 22.5 Å². The van der Waals surface area contributed by atoms with E-state index in [1.807, 2.05) is 0 Å². The van der Waals surface area contributed by atoms with Crippen LogP contribution in [-0.2, 0) is 0 Å². The molecule has 0 aromatic rings. The van der Waals surface area contributed by atoms with Gasteiger partial charge in [-0.05, 0) is 13.8 Å². The number of hydrazine groups is 1. The van der Waals surface area contributed by atoms with Gasteiger partial charge in [0.1, 0.15) is 0 Å². The molecular weight excluding hydrogens is 252 g/mol. The fraction of sp³-hybridized carbons (Fsp3) is 0.273. The first-order valence-corrected chi connectivity index (χ1v) is 4.47. The summed E-state index contributed by atoms with van der Waals surface area (Å²) in [7, 11) is 0. The summed E-state index contributed by atoms with van der Waals surface area (Å²) in [5, 5.41) is 17.2. The summed E-state index contributed by atoms with van der Waals surface area (Å²) >= 11 is 0. The van der Waals surface area contributed by atoms with Crippen molar-refractivity contribution < 1.29 is 19.8 Å². The number of nitrogens with one attached hydrogen (secondary N) is 1. The lowest BCUT2D eigenvalue weighted by Gasteiger charge is -2.21. The summed E-state index contributed by atoms with van der Waals surface area (Å²) in [4.78, 5) is 20.3. The van der Waals surface area contributed by atoms with Gasteiger partial charge in [0.05, 0.1) is 6.04 Å². The quantitative estimate of drug-likeness (QED) is 0.366. The van der Waals surface area contributed by atoms with Crippen LogP contribution in [-0.4, -0.2) is 33.5 Å². The van der Waals surface area contributed by atoms with Crippen molar-refractivity contribution in [2.45, 2.75) is 19.9 Å². The van der Waals surface area contributed by atoms with E-state index in [-0.39, 0.29) is 12.3 Å². The van der Waals surface area contributed by atoms with E-state index in [4.69, 9.17) is 10.2 Å². The Balaban J connectivity index is -0.0000000464. The average Bonchev–Trinajstić information content (AvgIpc) is 2.33. The molecule has 116 valence electrons. The number of rotatable bonds is 1. The minimum atomic E-state index is -1.39. The molecule has 0 fully saturated rings. The van der Waals surface area contributed by atoms with Gasteiger partial charge in [0.15, 0.2) is 0 Å². The maximum atomic E-state index is 10.3. The van der Waals surface area contributed by atoms with Crippen molar-refractivity contribution in [1.82, 2.24) is 22.7 Å². The number of hydrogen-bond acceptors (Lipinski definition) is 4. The highest BCUT2D eigenvalue weighted by molar-refractivity contribution is 5.71. The SMILES string of the molecule is C=C.C=C.C=C.CC(C)N(NC(=O)O)C(=O)O.N.N. The Bertz CT molecular complexity index is 208. The Kier molecular flexibility index (Phi) is 56.1. The van der Waals surface area contributed by atoms with Crippen LogP contribution >= 0.6 is 0 Å². The van der Waals surface area contributed by atoms with E-state index in [1.54, 1.807) is 19.3 Å². The molecule has 0 saturated carbocycles. The molecule has 0 aliphatic rings. The van der Waals surface area contributed by atoms with Gasteiger partial charge in [-0.1, -0.05) is 0 Å². The Morgan fingerprint density at radius 3 is 1.26 bits per heavy atom. The molecular formula is C11H28N4O4. The minimum absolute atomic E-state index is 0. The monoisotopic (exact) mass is 280 g/mol. The topological polar surface area (TPSA) is 160 Å². The average molecular weight is 280 g/mol. The van der Waals surface area contributed by atoms with Crippen molar-refractivity contribution >= 4 is 12.2 Å². The van der Waals surface area contributed by atoms with Gasteiger partial charge in [0.25, 0.3) is 0 Å². The molecule has 0 aromatic heterocycles. The summed E-state index contributed by atoms with van der Waals surface area (Å²) in [6.45, 7) is 21.1. The number of hydrogen-bond donors (Lipinski definition) is 5. The van der Waals surface area contributed by atoms with Crippen molar-refractivity contribution in [3.05, 3.63) is 39.5 Å². The molecule has 0 bridgehead atoms. The standard InChI is InChI=1S/C5H10N2O4.3C2H4.2H3N/c1-3(2)7(5(10)11)6-4(8)9;3*1-2;;/h3,6H,1-2H3,(H,8,9)(H,10,11);3*1-2H2;2*1H3. The fourth-order valence-corrected chi connectivity index (χ4v) is 0.501. The van der Waals surface area contributed by atoms with Gasteiger partial charge in [-0.3, -0.25) is 0 Å². The molecule has 0 rings (SSSR count).